The highest BCUT2D eigenvalue weighted by Crippen LogP contribution is 2.39. The summed E-state index contributed by atoms with van der Waals surface area (Å²) >= 11 is 0. The van der Waals surface area contributed by atoms with Crippen LogP contribution >= 0.6 is 0 Å². The van der Waals surface area contributed by atoms with E-state index in [0.717, 1.165) is 11.7 Å². The molecule has 1 aliphatic rings. The second kappa shape index (κ2) is 9.17. The van der Waals surface area contributed by atoms with Crippen LogP contribution in [0.4, 0.5) is 18.0 Å². The molecule has 2 amide bonds. The number of likely N-dealkylation sites (tertiary alicyclic amines) is 1. The van der Waals surface area contributed by atoms with Crippen molar-refractivity contribution in [1.29, 1.82) is 0 Å². The molecule has 1 fully saturated rings. The number of sulfone groups is 1. The highest BCUT2D eigenvalue weighted by Gasteiger charge is 2.46. The summed E-state index contributed by atoms with van der Waals surface area (Å²) in [5.41, 5.74) is 0.668. The number of nitrogens with zero attached hydrogens (tertiary/aromatic N) is 1. The van der Waals surface area contributed by atoms with Crippen LogP contribution < -0.4 is 5.32 Å². The average molecular weight is 434 g/mol. The lowest BCUT2D eigenvalue weighted by Gasteiger charge is -2.41. The van der Waals surface area contributed by atoms with Gasteiger partial charge in [-0.3, -0.25) is 0 Å². The van der Waals surface area contributed by atoms with Crippen molar-refractivity contribution in [2.45, 2.75) is 44.1 Å². The normalized spacial score (nSPS) is 23.0. The van der Waals surface area contributed by atoms with Crippen molar-refractivity contribution in [1.82, 2.24) is 10.2 Å². The third kappa shape index (κ3) is 6.74. The molecule has 2 rings (SSSR count). The molecule has 1 aliphatic heterocycles. The third-order valence-corrected chi connectivity index (χ3v) is 5.49. The smallest absolute Gasteiger partial charge is 0.383 e. The maximum Gasteiger partial charge on any atom is 0.414 e. The van der Waals surface area contributed by atoms with Crippen molar-refractivity contribution in [2.75, 3.05) is 12.8 Å². The molecular formula is C19H25F3N2O4S. The zero-order valence-corrected chi connectivity index (χ0v) is 16.9. The fourth-order valence-corrected chi connectivity index (χ4v) is 3.89. The van der Waals surface area contributed by atoms with Crippen LogP contribution in [0.15, 0.2) is 41.8 Å². The van der Waals surface area contributed by atoms with Gasteiger partial charge in [0.1, 0.15) is 0 Å². The molecule has 10 heteroatoms. The maximum atomic E-state index is 13.0. The standard InChI is InChI=1S/C19H25F3N2O4S/c1-13(9-11-29(2,27)28)23-18(26)24-10-8-15(17(25)19(20,21)22)12-16(24)14-6-4-3-5-7-14/h3-7,9,11,13,15-17,25H,8,10,12H2,1-2H3,(H,23,26)/b11-9+/t13-,15+,16-,17?/m0/s1. The minimum atomic E-state index is -4.72. The van der Waals surface area contributed by atoms with E-state index in [1.54, 1.807) is 37.3 Å². The number of rotatable bonds is 5. The fraction of sp³-hybridized carbons (Fsp3) is 0.526. The zero-order chi connectivity index (χ0) is 21.8. The van der Waals surface area contributed by atoms with E-state index >= 15 is 0 Å². The number of hydrogen-bond acceptors (Lipinski definition) is 4. The van der Waals surface area contributed by atoms with Gasteiger partial charge in [-0.15, -0.1) is 0 Å². The van der Waals surface area contributed by atoms with E-state index in [4.69, 9.17) is 0 Å². The van der Waals surface area contributed by atoms with E-state index in [1.807, 2.05) is 0 Å². The fourth-order valence-electron chi connectivity index (χ4n) is 3.37. The van der Waals surface area contributed by atoms with Crippen LogP contribution in [-0.2, 0) is 9.84 Å². The van der Waals surface area contributed by atoms with Crippen LogP contribution in [0.3, 0.4) is 0 Å². The van der Waals surface area contributed by atoms with Crippen molar-refractivity contribution in [3.8, 4) is 0 Å². The lowest BCUT2D eigenvalue weighted by atomic mass is 9.83. The maximum absolute atomic E-state index is 13.0. The predicted octanol–water partition coefficient (Wildman–Crippen LogP) is 3.02. The summed E-state index contributed by atoms with van der Waals surface area (Å²) in [4.78, 5) is 14.2. The van der Waals surface area contributed by atoms with E-state index in [-0.39, 0.29) is 19.4 Å². The van der Waals surface area contributed by atoms with Gasteiger partial charge in [0.25, 0.3) is 0 Å². The van der Waals surface area contributed by atoms with Crippen LogP contribution in [0.1, 0.15) is 31.4 Å². The largest absolute Gasteiger partial charge is 0.414 e. The Bertz CT molecular complexity index is 828. The molecule has 1 aromatic carbocycles. The summed E-state index contributed by atoms with van der Waals surface area (Å²) < 4.78 is 61.3. The van der Waals surface area contributed by atoms with Crippen molar-refractivity contribution >= 4 is 15.9 Å². The first kappa shape index (κ1) is 23.2. The second-order valence-corrected chi connectivity index (χ2v) is 9.22. The highest BCUT2D eigenvalue weighted by molar-refractivity contribution is 7.93. The van der Waals surface area contributed by atoms with Gasteiger partial charge in [-0.2, -0.15) is 13.2 Å². The minimum absolute atomic E-state index is 0.00495. The van der Waals surface area contributed by atoms with Crippen LogP contribution in [0.2, 0.25) is 0 Å². The molecule has 1 aromatic rings. The summed E-state index contributed by atoms with van der Waals surface area (Å²) in [7, 11) is -3.34. The summed E-state index contributed by atoms with van der Waals surface area (Å²) in [6.45, 7) is 1.63. The van der Waals surface area contributed by atoms with E-state index < -0.39 is 46.2 Å². The molecule has 0 bridgehead atoms. The van der Waals surface area contributed by atoms with Gasteiger partial charge in [0, 0.05) is 24.3 Å². The molecule has 0 spiro atoms. The van der Waals surface area contributed by atoms with E-state index in [0.29, 0.717) is 5.56 Å². The molecule has 4 atom stereocenters. The summed E-state index contributed by atoms with van der Waals surface area (Å²) in [5, 5.41) is 13.3. The second-order valence-electron chi connectivity index (χ2n) is 7.29. The van der Waals surface area contributed by atoms with Crippen molar-refractivity contribution in [3.63, 3.8) is 0 Å². The number of piperidine rings is 1. The molecule has 0 radical (unpaired) electrons. The molecule has 0 saturated carbocycles. The minimum Gasteiger partial charge on any atom is -0.383 e. The summed E-state index contributed by atoms with van der Waals surface area (Å²) in [5.74, 6) is -1.02. The van der Waals surface area contributed by atoms with Gasteiger partial charge in [-0.1, -0.05) is 36.4 Å². The number of urea groups is 1. The first-order valence-electron chi connectivity index (χ1n) is 9.13. The molecule has 1 heterocycles. The number of nitrogens with one attached hydrogen (secondary N) is 1. The van der Waals surface area contributed by atoms with Gasteiger partial charge in [0.2, 0.25) is 0 Å². The third-order valence-electron chi connectivity index (χ3n) is 4.84. The highest BCUT2D eigenvalue weighted by atomic mass is 32.2. The van der Waals surface area contributed by atoms with Crippen LogP contribution in [0.25, 0.3) is 0 Å². The van der Waals surface area contributed by atoms with E-state index in [1.165, 1.54) is 11.0 Å². The van der Waals surface area contributed by atoms with Gasteiger partial charge in [0.15, 0.2) is 15.9 Å². The Morgan fingerprint density at radius 1 is 1.31 bits per heavy atom. The van der Waals surface area contributed by atoms with Gasteiger partial charge >= 0.3 is 12.2 Å². The number of alkyl halides is 3. The number of aliphatic hydroxyl groups excluding tert-OH is 1. The van der Waals surface area contributed by atoms with E-state index in [2.05, 4.69) is 5.32 Å². The number of benzene rings is 1. The van der Waals surface area contributed by atoms with Gasteiger partial charge in [0.05, 0.1) is 6.04 Å². The Balaban J connectivity index is 2.19. The van der Waals surface area contributed by atoms with Crippen molar-refractivity contribution < 1.29 is 31.5 Å². The Morgan fingerprint density at radius 3 is 2.48 bits per heavy atom. The number of carbonyl (C=O) groups excluding carboxylic acids is 1. The first-order chi connectivity index (χ1) is 13.4. The van der Waals surface area contributed by atoms with Crippen LogP contribution in [-0.4, -0.2) is 55.6 Å². The molecule has 162 valence electrons. The van der Waals surface area contributed by atoms with Crippen molar-refractivity contribution in [3.05, 3.63) is 47.4 Å². The van der Waals surface area contributed by atoms with Gasteiger partial charge < -0.3 is 15.3 Å². The number of amides is 2. The quantitative estimate of drug-likeness (QED) is 0.746. The Hall–Kier alpha value is -2.07. The molecular weight excluding hydrogens is 409 g/mol. The van der Waals surface area contributed by atoms with Gasteiger partial charge in [-0.05, 0) is 31.2 Å². The number of hydrogen-bond donors (Lipinski definition) is 2. The van der Waals surface area contributed by atoms with Crippen LogP contribution in [0, 0.1) is 5.92 Å². The average Bonchev–Trinajstić information content (AvgIpc) is 2.64. The molecule has 6 nitrogen and oxygen atoms in total. The number of carbonyl (C=O) groups is 1. The number of aliphatic hydroxyl groups is 1. The first-order valence-corrected chi connectivity index (χ1v) is 11.1. The molecule has 0 aromatic heterocycles. The lowest BCUT2D eigenvalue weighted by molar-refractivity contribution is -0.224. The topological polar surface area (TPSA) is 86.7 Å². The molecule has 2 N–H and O–H groups in total. The molecule has 0 aliphatic carbocycles. The van der Waals surface area contributed by atoms with Crippen molar-refractivity contribution in [2.24, 2.45) is 5.92 Å². The Morgan fingerprint density at radius 2 is 1.93 bits per heavy atom. The van der Waals surface area contributed by atoms with E-state index in [9.17, 15) is 31.5 Å². The molecule has 1 saturated heterocycles. The molecule has 29 heavy (non-hydrogen) atoms. The zero-order valence-electron chi connectivity index (χ0n) is 16.1. The number of halogens is 3. The Kier molecular flexibility index (Phi) is 7.34. The summed E-state index contributed by atoms with van der Waals surface area (Å²) in [6.07, 6.45) is -4.85. The monoisotopic (exact) mass is 434 g/mol. The van der Waals surface area contributed by atoms with Gasteiger partial charge in [-0.25, -0.2) is 13.2 Å². The summed E-state index contributed by atoms with van der Waals surface area (Å²) in [6, 6.07) is 6.92. The predicted molar refractivity (Wildman–Crippen MR) is 103 cm³/mol. The Labute approximate surface area is 168 Å². The van der Waals surface area contributed by atoms with Crippen LogP contribution in [0.5, 0.6) is 0 Å². The SMILES string of the molecule is C[C@@H](/C=C/S(C)(=O)=O)NC(=O)N1CC[C@@H](C(O)C(F)(F)F)C[C@H]1c1ccccc1. The lowest BCUT2D eigenvalue weighted by Crippen LogP contribution is -2.50. The molecule has 1 unspecified atom stereocenters.